The van der Waals surface area contributed by atoms with Gasteiger partial charge >= 0.3 is 6.03 Å². The van der Waals surface area contributed by atoms with Gasteiger partial charge in [-0.05, 0) is 11.6 Å². The van der Waals surface area contributed by atoms with Crippen molar-refractivity contribution in [1.29, 1.82) is 0 Å². The van der Waals surface area contributed by atoms with Gasteiger partial charge in [0, 0.05) is 19.5 Å². The van der Waals surface area contributed by atoms with E-state index in [9.17, 15) is 14.0 Å². The molecule has 7 heteroatoms. The summed E-state index contributed by atoms with van der Waals surface area (Å²) in [6.07, 6.45) is 1.44. The van der Waals surface area contributed by atoms with Gasteiger partial charge in [0.15, 0.2) is 0 Å². The molecule has 0 spiro atoms. The first-order valence-electron chi connectivity index (χ1n) is 5.07. The Bertz CT molecular complexity index is 477. The van der Waals surface area contributed by atoms with E-state index in [-0.39, 0.29) is 25.4 Å². The highest BCUT2D eigenvalue weighted by Crippen LogP contribution is 2.21. The zero-order valence-corrected chi connectivity index (χ0v) is 8.94. The monoisotopic (exact) mass is 238 g/mol. The molecule has 90 valence electrons. The molecule has 1 aromatic heterocycles. The van der Waals surface area contributed by atoms with Crippen LogP contribution < -0.4 is 16.0 Å². The molecule has 1 saturated heterocycles. The number of carbonyl (C=O) groups excluding carboxylic acids is 2. The molecule has 1 aromatic rings. The predicted molar refractivity (Wildman–Crippen MR) is 57.6 cm³/mol. The van der Waals surface area contributed by atoms with E-state index < -0.39 is 12.0 Å². The molecule has 0 atom stereocenters. The lowest BCUT2D eigenvalue weighted by Crippen LogP contribution is -2.50. The lowest BCUT2D eigenvalue weighted by molar-refractivity contribution is -0.120. The molecule has 3 amide bonds. The summed E-state index contributed by atoms with van der Waals surface area (Å²) in [6, 6.07) is 0.642. The molecule has 3 N–H and O–H groups in total. The Balaban J connectivity index is 2.33. The van der Waals surface area contributed by atoms with Crippen molar-refractivity contribution in [1.82, 2.24) is 10.3 Å². The van der Waals surface area contributed by atoms with Crippen molar-refractivity contribution in [3.63, 3.8) is 0 Å². The van der Waals surface area contributed by atoms with Crippen molar-refractivity contribution >= 4 is 17.6 Å². The van der Waals surface area contributed by atoms with Crippen LogP contribution in [0.25, 0.3) is 0 Å². The summed E-state index contributed by atoms with van der Waals surface area (Å²) in [6.45, 7) is 0.331. The van der Waals surface area contributed by atoms with Crippen LogP contribution in [0.3, 0.4) is 0 Å². The SMILES string of the molecule is NCc1cc(F)ncc1N1CCC(=O)NC1=O. The lowest BCUT2D eigenvalue weighted by Gasteiger charge is -2.27. The van der Waals surface area contributed by atoms with Gasteiger partial charge in [0.1, 0.15) is 0 Å². The number of halogens is 1. The van der Waals surface area contributed by atoms with Crippen LogP contribution in [-0.2, 0) is 11.3 Å². The third-order valence-electron chi connectivity index (χ3n) is 2.50. The molecule has 0 saturated carbocycles. The quantitative estimate of drug-likeness (QED) is 0.716. The summed E-state index contributed by atoms with van der Waals surface area (Å²) in [5, 5.41) is 2.18. The fraction of sp³-hybridized carbons (Fsp3) is 0.300. The van der Waals surface area contributed by atoms with Crippen LogP contribution in [-0.4, -0.2) is 23.5 Å². The van der Waals surface area contributed by atoms with Crippen molar-refractivity contribution in [2.24, 2.45) is 5.73 Å². The molecule has 2 rings (SSSR count). The van der Waals surface area contributed by atoms with Gasteiger partial charge in [0.25, 0.3) is 0 Å². The lowest BCUT2D eigenvalue weighted by atomic mass is 10.2. The van der Waals surface area contributed by atoms with Crippen molar-refractivity contribution in [2.75, 3.05) is 11.4 Å². The highest BCUT2D eigenvalue weighted by Gasteiger charge is 2.26. The first kappa shape index (κ1) is 11.5. The number of imide groups is 1. The van der Waals surface area contributed by atoms with Crippen LogP contribution in [0.2, 0.25) is 0 Å². The summed E-state index contributed by atoms with van der Waals surface area (Å²) in [5.41, 5.74) is 6.38. The highest BCUT2D eigenvalue weighted by atomic mass is 19.1. The van der Waals surface area contributed by atoms with E-state index in [4.69, 9.17) is 5.73 Å². The summed E-state index contributed by atoms with van der Waals surface area (Å²) in [4.78, 5) is 27.4. The highest BCUT2D eigenvalue weighted by molar-refractivity contribution is 6.05. The summed E-state index contributed by atoms with van der Waals surface area (Å²) >= 11 is 0. The van der Waals surface area contributed by atoms with Gasteiger partial charge in [-0.3, -0.25) is 15.0 Å². The van der Waals surface area contributed by atoms with E-state index in [0.29, 0.717) is 11.3 Å². The molecule has 0 aromatic carbocycles. The maximum atomic E-state index is 12.9. The second-order valence-electron chi connectivity index (χ2n) is 3.59. The minimum Gasteiger partial charge on any atom is -0.326 e. The zero-order chi connectivity index (χ0) is 12.4. The van der Waals surface area contributed by atoms with Gasteiger partial charge in [-0.25, -0.2) is 9.78 Å². The predicted octanol–water partition coefficient (Wildman–Crippen LogP) is 0.126. The number of nitrogens with one attached hydrogen (secondary N) is 1. The molecule has 1 fully saturated rings. The fourth-order valence-corrected chi connectivity index (χ4v) is 1.66. The topological polar surface area (TPSA) is 88.3 Å². The van der Waals surface area contributed by atoms with Crippen molar-refractivity contribution in [3.05, 3.63) is 23.8 Å². The average molecular weight is 238 g/mol. The smallest absolute Gasteiger partial charge is 0.326 e. The molecule has 2 heterocycles. The number of nitrogens with zero attached hydrogens (tertiary/aromatic N) is 2. The van der Waals surface area contributed by atoms with Gasteiger partial charge in [-0.15, -0.1) is 0 Å². The number of urea groups is 1. The third kappa shape index (κ3) is 2.23. The Morgan fingerprint density at radius 2 is 2.29 bits per heavy atom. The second-order valence-corrected chi connectivity index (χ2v) is 3.59. The van der Waals surface area contributed by atoms with Crippen LogP contribution >= 0.6 is 0 Å². The average Bonchev–Trinajstić information content (AvgIpc) is 2.30. The Morgan fingerprint density at radius 1 is 1.53 bits per heavy atom. The molecule has 1 aliphatic heterocycles. The first-order chi connectivity index (χ1) is 8.11. The van der Waals surface area contributed by atoms with Gasteiger partial charge in [0.2, 0.25) is 11.9 Å². The number of nitrogens with two attached hydrogens (primary N) is 1. The van der Waals surface area contributed by atoms with Crippen LogP contribution in [0.15, 0.2) is 12.3 Å². The largest absolute Gasteiger partial charge is 0.328 e. The van der Waals surface area contributed by atoms with Gasteiger partial charge in [-0.1, -0.05) is 0 Å². The minimum absolute atomic E-state index is 0.0898. The number of hydrogen-bond donors (Lipinski definition) is 2. The van der Waals surface area contributed by atoms with Crippen LogP contribution in [0, 0.1) is 5.95 Å². The van der Waals surface area contributed by atoms with Crippen LogP contribution in [0.1, 0.15) is 12.0 Å². The number of carbonyl (C=O) groups is 2. The molecule has 6 nitrogen and oxygen atoms in total. The zero-order valence-electron chi connectivity index (χ0n) is 8.94. The van der Waals surface area contributed by atoms with Crippen molar-refractivity contribution < 1.29 is 14.0 Å². The Kier molecular flexibility index (Phi) is 3.01. The third-order valence-corrected chi connectivity index (χ3v) is 2.50. The number of rotatable bonds is 2. The van der Waals surface area contributed by atoms with Crippen molar-refractivity contribution in [3.8, 4) is 0 Å². The number of aromatic nitrogens is 1. The molecule has 0 unspecified atom stereocenters. The van der Waals surface area contributed by atoms with Crippen LogP contribution in [0.4, 0.5) is 14.9 Å². The van der Waals surface area contributed by atoms with Gasteiger partial charge in [-0.2, -0.15) is 4.39 Å². The number of pyridine rings is 1. The number of amides is 3. The standard InChI is InChI=1S/C10H11FN4O2/c11-8-3-6(4-12)7(5-13-8)15-2-1-9(16)14-10(15)17/h3,5H,1-2,4,12H2,(H,14,16,17). The van der Waals surface area contributed by atoms with E-state index in [1.807, 2.05) is 0 Å². The van der Waals surface area contributed by atoms with Crippen LogP contribution in [0.5, 0.6) is 0 Å². The first-order valence-corrected chi connectivity index (χ1v) is 5.07. The maximum absolute atomic E-state index is 12.9. The van der Waals surface area contributed by atoms with E-state index in [1.165, 1.54) is 17.2 Å². The summed E-state index contributed by atoms with van der Waals surface area (Å²) in [7, 11) is 0. The molecule has 0 bridgehead atoms. The van der Waals surface area contributed by atoms with Crippen molar-refractivity contribution in [2.45, 2.75) is 13.0 Å². The molecule has 0 radical (unpaired) electrons. The molecular formula is C10H11FN4O2. The van der Waals surface area contributed by atoms with Gasteiger partial charge in [0.05, 0.1) is 11.9 Å². The van der Waals surface area contributed by atoms with Gasteiger partial charge < -0.3 is 5.73 Å². The van der Waals surface area contributed by atoms with E-state index >= 15 is 0 Å². The fourth-order valence-electron chi connectivity index (χ4n) is 1.66. The minimum atomic E-state index is -0.650. The van der Waals surface area contributed by atoms with E-state index in [2.05, 4.69) is 10.3 Å². The molecule has 17 heavy (non-hydrogen) atoms. The summed E-state index contributed by atoms with van der Waals surface area (Å²) < 4.78 is 12.9. The Hall–Kier alpha value is -2.02. The normalized spacial score (nSPS) is 16.0. The summed E-state index contributed by atoms with van der Waals surface area (Å²) in [5.74, 6) is -0.974. The second kappa shape index (κ2) is 4.46. The van der Waals surface area contributed by atoms with E-state index in [1.54, 1.807) is 0 Å². The maximum Gasteiger partial charge on any atom is 0.328 e. The van der Waals surface area contributed by atoms with E-state index in [0.717, 1.165) is 0 Å². The Morgan fingerprint density at radius 3 is 2.94 bits per heavy atom. The number of anilines is 1. The number of hydrogen-bond acceptors (Lipinski definition) is 4. The molecule has 0 aliphatic carbocycles. The molecular weight excluding hydrogens is 227 g/mol. The molecule has 1 aliphatic rings. The Labute approximate surface area is 96.6 Å².